The van der Waals surface area contributed by atoms with Crippen molar-refractivity contribution in [1.82, 2.24) is 4.98 Å². The van der Waals surface area contributed by atoms with E-state index in [4.69, 9.17) is 0 Å². The summed E-state index contributed by atoms with van der Waals surface area (Å²) < 4.78 is 0. The molecule has 112 valence electrons. The molecule has 2 aromatic carbocycles. The number of nitriles is 1. The van der Waals surface area contributed by atoms with Gasteiger partial charge in [0.05, 0.1) is 0 Å². The summed E-state index contributed by atoms with van der Waals surface area (Å²) in [6, 6.07) is 19.6. The number of aromatic nitrogens is 1. The molecule has 3 heteroatoms. The lowest BCUT2D eigenvalue weighted by Crippen LogP contribution is -2.13. The summed E-state index contributed by atoms with van der Waals surface area (Å²) >= 11 is 0. The van der Waals surface area contributed by atoms with E-state index >= 15 is 0 Å². The van der Waals surface area contributed by atoms with Crippen LogP contribution in [0.25, 0.3) is 22.4 Å². The lowest BCUT2D eigenvalue weighted by Gasteiger charge is -2.11. The van der Waals surface area contributed by atoms with Crippen LogP contribution in [0.3, 0.4) is 0 Å². The Kier molecular flexibility index (Phi) is 3.82. The molecule has 1 heterocycles. The van der Waals surface area contributed by atoms with Crippen LogP contribution < -0.4 is 5.56 Å². The van der Waals surface area contributed by atoms with Gasteiger partial charge in [-0.1, -0.05) is 54.1 Å². The fourth-order valence-electron chi connectivity index (χ4n) is 2.68. The second-order valence-corrected chi connectivity index (χ2v) is 5.60. The van der Waals surface area contributed by atoms with Crippen LogP contribution in [0.5, 0.6) is 0 Å². The SMILES string of the molecule is Cc1ccc(C)c(-c2cc(-c3ccccc3)[nH]c(=O)c2C#N)c1. The third-order valence-corrected chi connectivity index (χ3v) is 3.91. The molecule has 23 heavy (non-hydrogen) atoms. The molecule has 3 rings (SSSR count). The average Bonchev–Trinajstić information content (AvgIpc) is 2.57. The Labute approximate surface area is 134 Å². The molecule has 0 bridgehead atoms. The first-order valence-electron chi connectivity index (χ1n) is 7.40. The van der Waals surface area contributed by atoms with Gasteiger partial charge in [-0.3, -0.25) is 4.79 Å². The topological polar surface area (TPSA) is 56.6 Å². The maximum atomic E-state index is 12.4. The van der Waals surface area contributed by atoms with E-state index in [-0.39, 0.29) is 11.1 Å². The molecule has 1 aromatic heterocycles. The van der Waals surface area contributed by atoms with Gasteiger partial charge in [-0.15, -0.1) is 0 Å². The lowest BCUT2D eigenvalue weighted by atomic mass is 9.94. The van der Waals surface area contributed by atoms with E-state index in [0.717, 1.165) is 22.3 Å². The number of hydrogen-bond donors (Lipinski definition) is 1. The maximum Gasteiger partial charge on any atom is 0.266 e. The van der Waals surface area contributed by atoms with Gasteiger partial charge in [0.25, 0.3) is 5.56 Å². The van der Waals surface area contributed by atoms with E-state index in [1.165, 1.54) is 0 Å². The molecule has 0 atom stereocenters. The molecule has 3 aromatic rings. The molecule has 0 saturated heterocycles. The maximum absolute atomic E-state index is 12.4. The number of nitrogens with one attached hydrogen (secondary N) is 1. The van der Waals surface area contributed by atoms with Crippen LogP contribution in [0.1, 0.15) is 16.7 Å². The highest BCUT2D eigenvalue weighted by molar-refractivity contribution is 5.77. The predicted octanol–water partition coefficient (Wildman–Crippen LogP) is 4.20. The van der Waals surface area contributed by atoms with Crippen LogP contribution in [0.15, 0.2) is 59.4 Å². The van der Waals surface area contributed by atoms with Gasteiger partial charge in [-0.25, -0.2) is 0 Å². The van der Waals surface area contributed by atoms with Crippen molar-refractivity contribution in [3.63, 3.8) is 0 Å². The molecule has 0 aliphatic rings. The standard InChI is InChI=1S/C20H16N2O/c1-13-8-9-14(2)16(10-13)17-11-19(15-6-4-3-5-7-15)22-20(23)18(17)12-21/h3-11H,1-2H3,(H,22,23). The Morgan fingerprint density at radius 2 is 1.70 bits per heavy atom. The quantitative estimate of drug-likeness (QED) is 0.771. The summed E-state index contributed by atoms with van der Waals surface area (Å²) in [4.78, 5) is 15.2. The smallest absolute Gasteiger partial charge is 0.266 e. The molecular weight excluding hydrogens is 284 g/mol. The van der Waals surface area contributed by atoms with Gasteiger partial charge in [0.1, 0.15) is 11.6 Å². The van der Waals surface area contributed by atoms with Gasteiger partial charge in [0, 0.05) is 11.3 Å². The van der Waals surface area contributed by atoms with Crippen molar-refractivity contribution in [3.8, 4) is 28.5 Å². The van der Waals surface area contributed by atoms with E-state index < -0.39 is 0 Å². The molecule has 0 saturated carbocycles. The highest BCUT2D eigenvalue weighted by Crippen LogP contribution is 2.29. The number of aryl methyl sites for hydroxylation is 2. The zero-order chi connectivity index (χ0) is 16.4. The van der Waals surface area contributed by atoms with Gasteiger partial charge in [0.2, 0.25) is 0 Å². The number of aromatic amines is 1. The summed E-state index contributed by atoms with van der Waals surface area (Å²) in [6.07, 6.45) is 0. The number of rotatable bonds is 2. The highest BCUT2D eigenvalue weighted by Gasteiger charge is 2.14. The summed E-state index contributed by atoms with van der Waals surface area (Å²) in [7, 11) is 0. The van der Waals surface area contributed by atoms with Crippen molar-refractivity contribution in [2.24, 2.45) is 0 Å². The van der Waals surface area contributed by atoms with E-state index in [1.807, 2.05) is 74.5 Å². The summed E-state index contributed by atoms with van der Waals surface area (Å²) in [6.45, 7) is 3.99. The first-order valence-corrected chi connectivity index (χ1v) is 7.40. The third-order valence-electron chi connectivity index (χ3n) is 3.91. The molecule has 0 amide bonds. The van der Waals surface area contributed by atoms with Crippen LogP contribution in [-0.4, -0.2) is 4.98 Å². The fraction of sp³-hybridized carbons (Fsp3) is 0.100. The Morgan fingerprint density at radius 3 is 2.39 bits per heavy atom. The van der Waals surface area contributed by atoms with Gasteiger partial charge >= 0.3 is 0 Å². The minimum atomic E-state index is -0.357. The molecule has 0 aliphatic heterocycles. The zero-order valence-corrected chi connectivity index (χ0v) is 13.1. The van der Waals surface area contributed by atoms with Gasteiger partial charge in [0.15, 0.2) is 0 Å². The van der Waals surface area contributed by atoms with E-state index in [0.29, 0.717) is 11.3 Å². The Bertz CT molecular complexity index is 963. The molecule has 0 fully saturated rings. The number of pyridine rings is 1. The van der Waals surface area contributed by atoms with Gasteiger partial charge in [-0.2, -0.15) is 5.26 Å². The largest absolute Gasteiger partial charge is 0.321 e. The minimum Gasteiger partial charge on any atom is -0.321 e. The summed E-state index contributed by atoms with van der Waals surface area (Å²) in [5.41, 5.74) is 5.16. The van der Waals surface area contributed by atoms with Crippen molar-refractivity contribution < 1.29 is 0 Å². The monoisotopic (exact) mass is 300 g/mol. The molecule has 0 aliphatic carbocycles. The molecule has 3 nitrogen and oxygen atoms in total. The number of hydrogen-bond acceptors (Lipinski definition) is 2. The Morgan fingerprint density at radius 1 is 0.957 bits per heavy atom. The predicted molar refractivity (Wildman–Crippen MR) is 92.1 cm³/mol. The van der Waals surface area contributed by atoms with Gasteiger partial charge < -0.3 is 4.98 Å². The average molecular weight is 300 g/mol. The van der Waals surface area contributed by atoms with Crippen molar-refractivity contribution in [3.05, 3.63) is 81.6 Å². The number of nitrogens with zero attached hydrogens (tertiary/aromatic N) is 1. The van der Waals surface area contributed by atoms with Crippen molar-refractivity contribution >= 4 is 0 Å². The van der Waals surface area contributed by atoms with Crippen LogP contribution in [0, 0.1) is 25.2 Å². The Hall–Kier alpha value is -3.12. The first-order chi connectivity index (χ1) is 11.1. The van der Waals surface area contributed by atoms with Crippen LogP contribution in [-0.2, 0) is 0 Å². The lowest BCUT2D eigenvalue weighted by molar-refractivity contribution is 1.21. The van der Waals surface area contributed by atoms with Crippen molar-refractivity contribution in [2.45, 2.75) is 13.8 Å². The summed E-state index contributed by atoms with van der Waals surface area (Å²) in [5.74, 6) is 0. The van der Waals surface area contributed by atoms with Crippen molar-refractivity contribution in [2.75, 3.05) is 0 Å². The van der Waals surface area contributed by atoms with E-state index in [2.05, 4.69) is 4.98 Å². The molecule has 0 spiro atoms. The molecular formula is C20H16N2O. The van der Waals surface area contributed by atoms with E-state index in [9.17, 15) is 10.1 Å². The highest BCUT2D eigenvalue weighted by atomic mass is 16.1. The zero-order valence-electron chi connectivity index (χ0n) is 13.1. The van der Waals surface area contributed by atoms with Crippen molar-refractivity contribution in [1.29, 1.82) is 5.26 Å². The van der Waals surface area contributed by atoms with Crippen LogP contribution >= 0.6 is 0 Å². The van der Waals surface area contributed by atoms with E-state index in [1.54, 1.807) is 0 Å². The fourth-order valence-corrected chi connectivity index (χ4v) is 2.68. The van der Waals surface area contributed by atoms with Crippen LogP contribution in [0.2, 0.25) is 0 Å². The summed E-state index contributed by atoms with van der Waals surface area (Å²) in [5, 5.41) is 9.41. The molecule has 0 unspecified atom stereocenters. The third kappa shape index (κ3) is 2.79. The number of H-pyrrole nitrogens is 1. The number of benzene rings is 2. The Balaban J connectivity index is 2.32. The molecule has 1 N–H and O–H groups in total. The second kappa shape index (κ2) is 5.94. The minimum absolute atomic E-state index is 0.151. The van der Waals surface area contributed by atoms with Crippen LogP contribution in [0.4, 0.5) is 0 Å². The second-order valence-electron chi connectivity index (χ2n) is 5.60. The normalized spacial score (nSPS) is 10.3. The molecule has 0 radical (unpaired) electrons. The first kappa shape index (κ1) is 14.8. The van der Waals surface area contributed by atoms with Gasteiger partial charge in [-0.05, 0) is 36.6 Å².